The summed E-state index contributed by atoms with van der Waals surface area (Å²) in [6, 6.07) is 1.39. The predicted molar refractivity (Wildman–Crippen MR) is 65.9 cm³/mol. The molecule has 1 aliphatic heterocycles. The van der Waals surface area contributed by atoms with Gasteiger partial charge in [0.2, 0.25) is 0 Å². The molecule has 0 aliphatic carbocycles. The lowest BCUT2D eigenvalue weighted by molar-refractivity contribution is 0.190. The lowest BCUT2D eigenvalue weighted by Crippen LogP contribution is -2.42. The van der Waals surface area contributed by atoms with Crippen LogP contribution in [-0.2, 0) is 0 Å². The average molecular weight is 216 g/mol. The van der Waals surface area contributed by atoms with Crippen molar-refractivity contribution in [2.75, 3.05) is 24.6 Å². The van der Waals surface area contributed by atoms with Crippen LogP contribution in [0.4, 0.5) is 0 Å². The first-order chi connectivity index (χ1) is 6.79. The smallest absolute Gasteiger partial charge is 0.0229 e. The molecule has 0 aromatic carbocycles. The van der Waals surface area contributed by atoms with Gasteiger partial charge in [-0.15, -0.1) is 0 Å². The molecule has 2 N–H and O–H groups in total. The zero-order valence-corrected chi connectivity index (χ0v) is 10.4. The van der Waals surface area contributed by atoms with Crippen molar-refractivity contribution < 1.29 is 0 Å². The van der Waals surface area contributed by atoms with E-state index in [9.17, 15) is 0 Å². The van der Waals surface area contributed by atoms with Crippen LogP contribution in [0.25, 0.3) is 0 Å². The summed E-state index contributed by atoms with van der Waals surface area (Å²) in [5.41, 5.74) is 5.85. The summed E-state index contributed by atoms with van der Waals surface area (Å²) >= 11 is 2.03. The Kier molecular flexibility index (Phi) is 5.90. The lowest BCUT2D eigenvalue weighted by atomic mass is 10.1. The van der Waals surface area contributed by atoms with Gasteiger partial charge in [-0.2, -0.15) is 11.8 Å². The summed E-state index contributed by atoms with van der Waals surface area (Å²) in [6.07, 6.45) is 3.98. The van der Waals surface area contributed by atoms with Gasteiger partial charge in [-0.05, 0) is 44.2 Å². The maximum Gasteiger partial charge on any atom is 0.0229 e. The van der Waals surface area contributed by atoms with Gasteiger partial charge in [-0.25, -0.2) is 0 Å². The molecule has 2 nitrogen and oxygen atoms in total. The zero-order chi connectivity index (χ0) is 10.4. The Hall–Kier alpha value is 0.270. The Morgan fingerprint density at radius 1 is 1.57 bits per heavy atom. The van der Waals surface area contributed by atoms with Gasteiger partial charge in [0, 0.05) is 18.6 Å². The van der Waals surface area contributed by atoms with E-state index < -0.39 is 0 Å². The minimum Gasteiger partial charge on any atom is -0.329 e. The largest absolute Gasteiger partial charge is 0.329 e. The number of nitrogens with zero attached hydrogens (tertiary/aromatic N) is 1. The molecule has 3 heteroatoms. The van der Waals surface area contributed by atoms with Gasteiger partial charge < -0.3 is 5.73 Å². The molecule has 0 bridgehead atoms. The molecule has 1 heterocycles. The third-order valence-corrected chi connectivity index (χ3v) is 4.08. The SMILES string of the molecule is CCSCCC(CN)N1CCCC1C. The fourth-order valence-electron chi connectivity index (χ4n) is 2.28. The highest BCUT2D eigenvalue weighted by molar-refractivity contribution is 7.99. The van der Waals surface area contributed by atoms with Crippen LogP contribution in [0.3, 0.4) is 0 Å². The zero-order valence-electron chi connectivity index (χ0n) is 9.54. The summed E-state index contributed by atoms with van der Waals surface area (Å²) in [7, 11) is 0. The standard InChI is InChI=1S/C11H24N2S/c1-3-14-8-6-11(9-12)13-7-4-5-10(13)2/h10-11H,3-9,12H2,1-2H3. The molecular weight excluding hydrogens is 192 g/mol. The molecule has 0 amide bonds. The Morgan fingerprint density at radius 3 is 2.86 bits per heavy atom. The fraction of sp³-hybridized carbons (Fsp3) is 1.00. The van der Waals surface area contributed by atoms with E-state index in [-0.39, 0.29) is 0 Å². The van der Waals surface area contributed by atoms with Gasteiger partial charge in [0.1, 0.15) is 0 Å². The van der Waals surface area contributed by atoms with Crippen molar-refractivity contribution in [3.05, 3.63) is 0 Å². The highest BCUT2D eigenvalue weighted by Gasteiger charge is 2.26. The summed E-state index contributed by atoms with van der Waals surface area (Å²) in [4.78, 5) is 2.61. The van der Waals surface area contributed by atoms with Gasteiger partial charge in [0.05, 0.1) is 0 Å². The van der Waals surface area contributed by atoms with Crippen LogP contribution in [-0.4, -0.2) is 41.6 Å². The van der Waals surface area contributed by atoms with Crippen molar-refractivity contribution in [1.82, 2.24) is 4.90 Å². The maximum atomic E-state index is 5.85. The second-order valence-corrected chi connectivity index (χ2v) is 5.50. The summed E-state index contributed by atoms with van der Waals surface area (Å²) < 4.78 is 0. The Balaban J connectivity index is 2.29. The van der Waals surface area contributed by atoms with Gasteiger partial charge in [0.25, 0.3) is 0 Å². The normalized spacial score (nSPS) is 25.5. The van der Waals surface area contributed by atoms with Gasteiger partial charge in [-0.3, -0.25) is 4.90 Å². The highest BCUT2D eigenvalue weighted by atomic mass is 32.2. The molecule has 2 unspecified atom stereocenters. The number of likely N-dealkylation sites (tertiary alicyclic amines) is 1. The minimum absolute atomic E-state index is 0.631. The highest BCUT2D eigenvalue weighted by Crippen LogP contribution is 2.21. The van der Waals surface area contributed by atoms with Crippen LogP contribution in [0.2, 0.25) is 0 Å². The van der Waals surface area contributed by atoms with Crippen LogP contribution >= 0.6 is 11.8 Å². The Labute approximate surface area is 92.6 Å². The van der Waals surface area contributed by atoms with Crippen molar-refractivity contribution >= 4 is 11.8 Å². The molecule has 2 atom stereocenters. The van der Waals surface area contributed by atoms with E-state index in [2.05, 4.69) is 18.7 Å². The van der Waals surface area contributed by atoms with E-state index in [0.717, 1.165) is 12.6 Å². The molecular formula is C11H24N2S. The lowest BCUT2D eigenvalue weighted by Gasteiger charge is -2.30. The van der Waals surface area contributed by atoms with Crippen LogP contribution in [0.5, 0.6) is 0 Å². The van der Waals surface area contributed by atoms with Crippen LogP contribution in [0.1, 0.15) is 33.1 Å². The number of hydrogen-bond acceptors (Lipinski definition) is 3. The Bertz CT molecular complexity index is 152. The number of thioether (sulfide) groups is 1. The molecule has 0 aromatic rings. The van der Waals surface area contributed by atoms with E-state index in [1.54, 1.807) is 0 Å². The number of hydrogen-bond donors (Lipinski definition) is 1. The molecule has 0 aromatic heterocycles. The number of rotatable bonds is 6. The van der Waals surface area contributed by atoms with Gasteiger partial charge in [0.15, 0.2) is 0 Å². The molecule has 1 saturated heterocycles. The third kappa shape index (κ3) is 3.44. The van der Waals surface area contributed by atoms with Crippen molar-refractivity contribution in [3.63, 3.8) is 0 Å². The van der Waals surface area contributed by atoms with Crippen molar-refractivity contribution in [2.24, 2.45) is 5.73 Å². The molecule has 0 saturated carbocycles. The summed E-state index contributed by atoms with van der Waals surface area (Å²) in [6.45, 7) is 6.65. The first kappa shape index (κ1) is 12.3. The first-order valence-corrected chi connectivity index (χ1v) is 6.98. The van der Waals surface area contributed by atoms with Crippen LogP contribution in [0.15, 0.2) is 0 Å². The molecule has 1 fully saturated rings. The first-order valence-electron chi connectivity index (χ1n) is 5.83. The van der Waals surface area contributed by atoms with Gasteiger partial charge >= 0.3 is 0 Å². The molecule has 14 heavy (non-hydrogen) atoms. The average Bonchev–Trinajstić information content (AvgIpc) is 2.60. The van der Waals surface area contributed by atoms with Crippen LogP contribution < -0.4 is 5.73 Å². The number of nitrogens with two attached hydrogens (primary N) is 1. The third-order valence-electron chi connectivity index (χ3n) is 3.14. The van der Waals surface area contributed by atoms with E-state index >= 15 is 0 Å². The fourth-order valence-corrected chi connectivity index (χ4v) is 3.01. The molecule has 0 spiro atoms. The van der Waals surface area contributed by atoms with E-state index in [4.69, 9.17) is 5.73 Å². The van der Waals surface area contributed by atoms with Crippen molar-refractivity contribution in [3.8, 4) is 0 Å². The van der Waals surface area contributed by atoms with Crippen molar-refractivity contribution in [2.45, 2.75) is 45.2 Å². The maximum absolute atomic E-state index is 5.85. The Morgan fingerprint density at radius 2 is 2.36 bits per heavy atom. The quantitative estimate of drug-likeness (QED) is 0.688. The predicted octanol–water partition coefficient (Wildman–Crippen LogP) is 1.94. The second kappa shape index (κ2) is 6.70. The molecule has 0 radical (unpaired) electrons. The second-order valence-electron chi connectivity index (χ2n) is 4.10. The summed E-state index contributed by atoms with van der Waals surface area (Å²) in [5, 5.41) is 0. The van der Waals surface area contributed by atoms with Gasteiger partial charge in [-0.1, -0.05) is 6.92 Å². The monoisotopic (exact) mass is 216 g/mol. The summed E-state index contributed by atoms with van der Waals surface area (Å²) in [5.74, 6) is 2.49. The topological polar surface area (TPSA) is 29.3 Å². The minimum atomic E-state index is 0.631. The molecule has 1 rings (SSSR count). The molecule has 1 aliphatic rings. The van der Waals surface area contributed by atoms with Crippen molar-refractivity contribution in [1.29, 1.82) is 0 Å². The van der Waals surface area contributed by atoms with E-state index in [0.29, 0.717) is 6.04 Å². The molecule has 84 valence electrons. The van der Waals surface area contributed by atoms with Crippen LogP contribution in [0, 0.1) is 0 Å². The van der Waals surface area contributed by atoms with E-state index in [1.165, 1.54) is 37.3 Å². The van der Waals surface area contributed by atoms with E-state index in [1.807, 2.05) is 11.8 Å².